The highest BCUT2D eigenvalue weighted by Gasteiger charge is 2.11. The summed E-state index contributed by atoms with van der Waals surface area (Å²) in [6, 6.07) is 41.5. The molecule has 170 valence electrons. The number of aromatic nitrogens is 1. The Morgan fingerprint density at radius 2 is 1.25 bits per heavy atom. The summed E-state index contributed by atoms with van der Waals surface area (Å²) in [5.74, 6) is 0. The van der Waals surface area contributed by atoms with Crippen molar-refractivity contribution in [2.75, 3.05) is 0 Å². The van der Waals surface area contributed by atoms with Crippen molar-refractivity contribution in [3.05, 3.63) is 121 Å². The Morgan fingerprint density at radius 3 is 2.03 bits per heavy atom. The van der Waals surface area contributed by atoms with Crippen molar-refractivity contribution in [2.24, 2.45) is 0 Å². The molecule has 0 bridgehead atoms. The largest absolute Gasteiger partial charge is 0.256 e. The van der Waals surface area contributed by atoms with E-state index in [2.05, 4.69) is 125 Å². The molecule has 0 radical (unpaired) electrons. The summed E-state index contributed by atoms with van der Waals surface area (Å²) in [5, 5.41) is 6.29. The van der Waals surface area contributed by atoms with Gasteiger partial charge in [0.05, 0.1) is 5.69 Å². The van der Waals surface area contributed by atoms with Crippen LogP contribution in [0.25, 0.3) is 64.5 Å². The van der Waals surface area contributed by atoms with Gasteiger partial charge < -0.3 is 0 Å². The molecule has 1 atom stereocenters. The van der Waals surface area contributed by atoms with Crippen molar-refractivity contribution in [3.8, 4) is 33.5 Å². The van der Waals surface area contributed by atoms with Crippen molar-refractivity contribution in [1.82, 2.24) is 4.98 Å². The topological polar surface area (TPSA) is 12.9 Å². The summed E-state index contributed by atoms with van der Waals surface area (Å²) in [6.45, 7) is 0. The molecule has 36 heavy (non-hydrogen) atoms. The Bertz CT molecular complexity index is 1880. The van der Waals surface area contributed by atoms with Gasteiger partial charge in [0.15, 0.2) is 0 Å². The number of benzene rings is 5. The van der Waals surface area contributed by atoms with E-state index in [1.54, 1.807) is 0 Å². The molecule has 2 heterocycles. The molecule has 0 N–H and O–H groups in total. The van der Waals surface area contributed by atoms with E-state index < -0.39 is 0 Å². The highest BCUT2D eigenvalue weighted by atomic mass is 32.1. The average molecular weight is 496 g/mol. The predicted molar refractivity (Wildman–Crippen MR) is 160 cm³/mol. The van der Waals surface area contributed by atoms with E-state index in [1.807, 2.05) is 17.5 Å². The first-order valence-corrected chi connectivity index (χ1v) is 13.4. The van der Waals surface area contributed by atoms with E-state index >= 15 is 0 Å². The molecule has 0 aliphatic rings. The maximum atomic E-state index is 4.90. The SMILES string of the molecule is Pc1ccc(-c2ccc3ccc(-c4ccc(-c5cccc6c5sc5ccccc56)nc4)cc3c2)cc1. The van der Waals surface area contributed by atoms with Gasteiger partial charge in [-0.3, -0.25) is 4.98 Å². The lowest BCUT2D eigenvalue weighted by molar-refractivity contribution is 1.33. The van der Waals surface area contributed by atoms with Crippen LogP contribution in [0.1, 0.15) is 0 Å². The normalized spacial score (nSPS) is 11.5. The van der Waals surface area contributed by atoms with Crippen LogP contribution in [0.15, 0.2) is 121 Å². The molecular weight excluding hydrogens is 473 g/mol. The van der Waals surface area contributed by atoms with E-state index in [1.165, 1.54) is 58.5 Å². The second-order valence-corrected chi connectivity index (χ2v) is 10.8. The quantitative estimate of drug-likeness (QED) is 0.223. The van der Waals surface area contributed by atoms with E-state index in [-0.39, 0.29) is 0 Å². The van der Waals surface area contributed by atoms with Crippen LogP contribution in [0.2, 0.25) is 0 Å². The average Bonchev–Trinajstić information content (AvgIpc) is 3.32. The maximum Gasteiger partial charge on any atom is 0.0716 e. The zero-order chi connectivity index (χ0) is 24.1. The summed E-state index contributed by atoms with van der Waals surface area (Å²) in [6.07, 6.45) is 2.00. The fourth-order valence-electron chi connectivity index (χ4n) is 4.95. The lowest BCUT2D eigenvalue weighted by atomic mass is 9.98. The van der Waals surface area contributed by atoms with Crippen LogP contribution < -0.4 is 5.30 Å². The molecule has 0 saturated heterocycles. The summed E-state index contributed by atoms with van der Waals surface area (Å²) < 4.78 is 2.61. The smallest absolute Gasteiger partial charge is 0.0716 e. The first-order chi connectivity index (χ1) is 17.7. The molecule has 0 fully saturated rings. The molecule has 7 rings (SSSR count). The Labute approximate surface area is 216 Å². The number of hydrogen-bond acceptors (Lipinski definition) is 2. The number of thiophene rings is 1. The number of nitrogens with zero attached hydrogens (tertiary/aromatic N) is 1. The lowest BCUT2D eigenvalue weighted by Crippen LogP contribution is -1.88. The molecule has 0 saturated carbocycles. The molecule has 1 unspecified atom stereocenters. The fraction of sp³-hybridized carbons (Fsp3) is 0. The van der Waals surface area contributed by atoms with Gasteiger partial charge in [0, 0.05) is 37.5 Å². The van der Waals surface area contributed by atoms with Crippen molar-refractivity contribution in [3.63, 3.8) is 0 Å². The van der Waals surface area contributed by atoms with Crippen LogP contribution in [-0.2, 0) is 0 Å². The Hall–Kier alpha value is -3.84. The van der Waals surface area contributed by atoms with E-state index in [4.69, 9.17) is 4.98 Å². The van der Waals surface area contributed by atoms with Crippen molar-refractivity contribution in [1.29, 1.82) is 0 Å². The molecule has 0 aliphatic carbocycles. The van der Waals surface area contributed by atoms with Crippen LogP contribution in [0.5, 0.6) is 0 Å². The summed E-state index contributed by atoms with van der Waals surface area (Å²) in [7, 11) is 2.75. The van der Waals surface area contributed by atoms with Gasteiger partial charge in [-0.05, 0) is 57.0 Å². The Kier molecular flexibility index (Phi) is 5.17. The van der Waals surface area contributed by atoms with Gasteiger partial charge in [-0.15, -0.1) is 20.6 Å². The highest BCUT2D eigenvalue weighted by molar-refractivity contribution is 7.27. The first kappa shape index (κ1) is 21.4. The zero-order valence-corrected chi connectivity index (χ0v) is 21.5. The third-order valence-corrected chi connectivity index (χ3v) is 8.47. The third kappa shape index (κ3) is 3.71. The van der Waals surface area contributed by atoms with Crippen molar-refractivity contribution >= 4 is 56.8 Å². The first-order valence-electron chi connectivity index (χ1n) is 12.0. The monoisotopic (exact) mass is 495 g/mol. The molecule has 3 heteroatoms. The Morgan fingerprint density at radius 1 is 0.556 bits per heavy atom. The summed E-state index contributed by atoms with van der Waals surface area (Å²) in [4.78, 5) is 4.90. The second kappa shape index (κ2) is 8.68. The molecular formula is C33H22NPS. The van der Waals surface area contributed by atoms with Crippen LogP contribution in [-0.4, -0.2) is 4.98 Å². The standard InChI is InChI=1S/C33H22NPS/c35-27-15-12-21(13-16-27)23-10-8-22-9-11-24(19-26(22)18-23)25-14-17-31(34-20-25)30-6-3-5-29-28-4-1-2-7-32(28)36-33(29)30/h1-20H,35H2. The molecule has 0 spiro atoms. The number of rotatable bonds is 3. The van der Waals surface area contributed by atoms with Gasteiger partial charge in [0.1, 0.15) is 0 Å². The fourth-order valence-corrected chi connectivity index (χ4v) is 6.37. The van der Waals surface area contributed by atoms with Crippen molar-refractivity contribution in [2.45, 2.75) is 0 Å². The van der Waals surface area contributed by atoms with E-state index in [9.17, 15) is 0 Å². The van der Waals surface area contributed by atoms with E-state index in [0.29, 0.717) is 0 Å². The minimum atomic E-state index is 1.01. The third-order valence-electron chi connectivity index (χ3n) is 6.86. The van der Waals surface area contributed by atoms with Crippen molar-refractivity contribution < 1.29 is 0 Å². The number of hydrogen-bond donors (Lipinski definition) is 0. The van der Waals surface area contributed by atoms with Gasteiger partial charge in [-0.2, -0.15) is 0 Å². The van der Waals surface area contributed by atoms with Gasteiger partial charge in [-0.25, -0.2) is 0 Å². The van der Waals surface area contributed by atoms with Crippen LogP contribution in [0.4, 0.5) is 0 Å². The van der Waals surface area contributed by atoms with Crippen LogP contribution >= 0.6 is 20.6 Å². The van der Waals surface area contributed by atoms with Crippen LogP contribution in [0.3, 0.4) is 0 Å². The molecule has 1 nitrogen and oxygen atoms in total. The molecule has 5 aromatic carbocycles. The molecule has 0 aliphatic heterocycles. The molecule has 7 aromatic rings. The predicted octanol–water partition coefficient (Wildman–Crippen LogP) is 9.10. The lowest BCUT2D eigenvalue weighted by Gasteiger charge is -2.08. The van der Waals surface area contributed by atoms with Gasteiger partial charge >= 0.3 is 0 Å². The minimum Gasteiger partial charge on any atom is -0.256 e. The minimum absolute atomic E-state index is 1.01. The maximum absolute atomic E-state index is 4.90. The number of pyridine rings is 1. The van der Waals surface area contributed by atoms with Crippen LogP contribution in [0, 0.1) is 0 Å². The van der Waals surface area contributed by atoms with E-state index in [0.717, 1.165) is 11.3 Å². The van der Waals surface area contributed by atoms with Gasteiger partial charge in [-0.1, -0.05) is 91.0 Å². The summed E-state index contributed by atoms with van der Waals surface area (Å²) in [5.41, 5.74) is 6.97. The van der Waals surface area contributed by atoms with Gasteiger partial charge in [0.2, 0.25) is 0 Å². The second-order valence-electron chi connectivity index (χ2n) is 9.11. The zero-order valence-electron chi connectivity index (χ0n) is 19.5. The van der Waals surface area contributed by atoms with Gasteiger partial charge in [0.25, 0.3) is 0 Å². The number of fused-ring (bicyclic) bond motifs is 4. The Balaban J connectivity index is 1.26. The molecule has 2 aromatic heterocycles. The molecule has 0 amide bonds. The summed E-state index contributed by atoms with van der Waals surface area (Å²) >= 11 is 1.84. The highest BCUT2D eigenvalue weighted by Crippen LogP contribution is 2.39.